The van der Waals surface area contributed by atoms with E-state index in [0.29, 0.717) is 6.54 Å². The Morgan fingerprint density at radius 2 is 2.19 bits per heavy atom. The lowest BCUT2D eigenvalue weighted by molar-refractivity contribution is 0.576. The summed E-state index contributed by atoms with van der Waals surface area (Å²) < 4.78 is 22.6. The van der Waals surface area contributed by atoms with Crippen LogP contribution in [0.25, 0.3) is 0 Å². The molecule has 1 rings (SSSR count). The molecule has 16 heavy (non-hydrogen) atoms. The molecular formula is C11H19NO2S2. The molecule has 1 aromatic heterocycles. The molecule has 0 radical (unpaired) electrons. The molecule has 5 heteroatoms. The number of rotatable bonds is 6. The first-order chi connectivity index (χ1) is 7.46. The third-order valence-electron chi connectivity index (χ3n) is 2.60. The van der Waals surface area contributed by atoms with Gasteiger partial charge in [-0.1, -0.05) is 6.92 Å². The van der Waals surface area contributed by atoms with Crippen molar-refractivity contribution in [3.63, 3.8) is 0 Å². The Kier molecular flexibility index (Phi) is 4.95. The predicted octanol–water partition coefficient (Wildman–Crippen LogP) is 2.14. The molecule has 1 aromatic rings. The molecule has 1 heterocycles. The minimum atomic E-state index is -2.85. The summed E-state index contributed by atoms with van der Waals surface area (Å²) in [6, 6.07) is 2.31. The van der Waals surface area contributed by atoms with E-state index in [9.17, 15) is 8.42 Å². The Labute approximate surface area is 102 Å². The molecule has 0 fully saturated rings. The first-order valence-corrected chi connectivity index (χ1v) is 8.14. The van der Waals surface area contributed by atoms with E-state index in [4.69, 9.17) is 0 Å². The Morgan fingerprint density at radius 1 is 1.50 bits per heavy atom. The second-order valence-electron chi connectivity index (χ2n) is 3.88. The Hall–Kier alpha value is -0.390. The summed E-state index contributed by atoms with van der Waals surface area (Å²) >= 11 is 1.71. The van der Waals surface area contributed by atoms with Crippen LogP contribution in [0.3, 0.4) is 0 Å². The van der Waals surface area contributed by atoms with Crippen LogP contribution in [-0.2, 0) is 9.84 Å². The molecular weight excluding hydrogens is 242 g/mol. The van der Waals surface area contributed by atoms with Crippen molar-refractivity contribution in [1.29, 1.82) is 0 Å². The van der Waals surface area contributed by atoms with Crippen molar-refractivity contribution < 1.29 is 8.42 Å². The summed E-state index contributed by atoms with van der Waals surface area (Å²) in [6.07, 6.45) is 0. The van der Waals surface area contributed by atoms with E-state index in [1.807, 2.05) is 0 Å². The zero-order chi connectivity index (χ0) is 12.2. The van der Waals surface area contributed by atoms with Crippen LogP contribution in [-0.4, -0.2) is 26.5 Å². The normalized spacial score (nSPS) is 13.9. The van der Waals surface area contributed by atoms with E-state index >= 15 is 0 Å². The van der Waals surface area contributed by atoms with Crippen LogP contribution in [0.2, 0.25) is 0 Å². The van der Waals surface area contributed by atoms with Gasteiger partial charge in [-0.05, 0) is 30.9 Å². The standard InChI is InChI=1S/C11H19NO2S2/c1-4-16(13,14)8-6-12-10(3)11-9(2)5-7-15-11/h5,7,10,12H,4,6,8H2,1-3H3. The Morgan fingerprint density at radius 3 is 2.69 bits per heavy atom. The summed E-state index contributed by atoms with van der Waals surface area (Å²) in [7, 11) is -2.85. The van der Waals surface area contributed by atoms with Gasteiger partial charge in [0, 0.05) is 23.2 Å². The highest BCUT2D eigenvalue weighted by Crippen LogP contribution is 2.22. The molecule has 0 aliphatic rings. The fourth-order valence-corrected chi connectivity index (χ4v) is 3.17. The van der Waals surface area contributed by atoms with Gasteiger partial charge in [0.05, 0.1) is 5.75 Å². The third-order valence-corrected chi connectivity index (χ3v) is 5.51. The van der Waals surface area contributed by atoms with Crippen molar-refractivity contribution in [3.05, 3.63) is 21.9 Å². The van der Waals surface area contributed by atoms with E-state index < -0.39 is 9.84 Å². The lowest BCUT2D eigenvalue weighted by atomic mass is 10.2. The number of hydrogen-bond donors (Lipinski definition) is 1. The highest BCUT2D eigenvalue weighted by molar-refractivity contribution is 7.91. The van der Waals surface area contributed by atoms with Gasteiger partial charge in [-0.3, -0.25) is 0 Å². The summed E-state index contributed by atoms with van der Waals surface area (Å²) in [4.78, 5) is 1.29. The van der Waals surface area contributed by atoms with Gasteiger partial charge >= 0.3 is 0 Å². The summed E-state index contributed by atoms with van der Waals surface area (Å²) in [5.74, 6) is 0.444. The van der Waals surface area contributed by atoms with Crippen LogP contribution in [0.5, 0.6) is 0 Å². The molecule has 1 unspecified atom stereocenters. The van der Waals surface area contributed by atoms with Crippen LogP contribution < -0.4 is 5.32 Å². The number of aryl methyl sites for hydroxylation is 1. The summed E-state index contributed by atoms with van der Waals surface area (Å²) in [5, 5.41) is 5.31. The second-order valence-corrected chi connectivity index (χ2v) is 7.30. The molecule has 0 aliphatic heterocycles. The van der Waals surface area contributed by atoms with Gasteiger partial charge in [-0.25, -0.2) is 8.42 Å². The molecule has 0 amide bonds. The zero-order valence-electron chi connectivity index (χ0n) is 9.99. The van der Waals surface area contributed by atoms with Crippen LogP contribution in [0, 0.1) is 6.92 Å². The van der Waals surface area contributed by atoms with Crippen LogP contribution in [0.1, 0.15) is 30.3 Å². The minimum absolute atomic E-state index is 0.220. The molecule has 92 valence electrons. The summed E-state index contributed by atoms with van der Waals surface area (Å²) in [6.45, 7) is 6.35. The number of hydrogen-bond acceptors (Lipinski definition) is 4. The maximum atomic E-state index is 11.3. The van der Waals surface area contributed by atoms with E-state index in [0.717, 1.165) is 0 Å². The monoisotopic (exact) mass is 261 g/mol. The van der Waals surface area contributed by atoms with Crippen molar-refractivity contribution in [2.45, 2.75) is 26.8 Å². The summed E-state index contributed by atoms with van der Waals surface area (Å²) in [5.41, 5.74) is 1.27. The van der Waals surface area contributed by atoms with Crippen molar-refractivity contribution in [3.8, 4) is 0 Å². The fraction of sp³-hybridized carbons (Fsp3) is 0.636. The maximum absolute atomic E-state index is 11.3. The van der Waals surface area contributed by atoms with Gasteiger partial charge in [0.15, 0.2) is 9.84 Å². The molecule has 0 bridgehead atoms. The molecule has 0 aromatic carbocycles. The molecule has 1 atom stereocenters. The van der Waals surface area contributed by atoms with Gasteiger partial charge in [-0.2, -0.15) is 0 Å². The molecule has 3 nitrogen and oxygen atoms in total. The highest BCUT2D eigenvalue weighted by atomic mass is 32.2. The van der Waals surface area contributed by atoms with Gasteiger partial charge in [-0.15, -0.1) is 11.3 Å². The number of nitrogens with one attached hydrogen (secondary N) is 1. The molecule has 0 spiro atoms. The average Bonchev–Trinajstić information content (AvgIpc) is 2.64. The quantitative estimate of drug-likeness (QED) is 0.853. The highest BCUT2D eigenvalue weighted by Gasteiger charge is 2.11. The largest absolute Gasteiger partial charge is 0.308 e. The predicted molar refractivity (Wildman–Crippen MR) is 69.8 cm³/mol. The molecule has 0 saturated carbocycles. The van der Waals surface area contributed by atoms with Crippen molar-refractivity contribution in [2.24, 2.45) is 0 Å². The lowest BCUT2D eigenvalue weighted by Crippen LogP contribution is -2.26. The topological polar surface area (TPSA) is 46.2 Å². The van der Waals surface area contributed by atoms with Crippen molar-refractivity contribution in [2.75, 3.05) is 18.1 Å². The lowest BCUT2D eigenvalue weighted by Gasteiger charge is -2.13. The van der Waals surface area contributed by atoms with Crippen molar-refractivity contribution >= 4 is 21.2 Å². The third kappa shape index (κ3) is 3.88. The van der Waals surface area contributed by atoms with Gasteiger partial charge in [0.25, 0.3) is 0 Å². The van der Waals surface area contributed by atoms with E-state index in [1.54, 1.807) is 18.3 Å². The van der Waals surface area contributed by atoms with E-state index in [2.05, 4.69) is 30.6 Å². The van der Waals surface area contributed by atoms with Crippen LogP contribution >= 0.6 is 11.3 Å². The Bertz CT molecular complexity index is 423. The first kappa shape index (κ1) is 13.7. The molecule has 0 aliphatic carbocycles. The zero-order valence-corrected chi connectivity index (χ0v) is 11.6. The van der Waals surface area contributed by atoms with Crippen LogP contribution in [0.15, 0.2) is 11.4 Å². The maximum Gasteiger partial charge on any atom is 0.151 e. The van der Waals surface area contributed by atoms with Gasteiger partial charge < -0.3 is 5.32 Å². The minimum Gasteiger partial charge on any atom is -0.308 e. The van der Waals surface area contributed by atoms with Gasteiger partial charge in [0.1, 0.15) is 0 Å². The van der Waals surface area contributed by atoms with E-state index in [1.165, 1.54) is 10.4 Å². The molecule has 0 saturated heterocycles. The number of sulfone groups is 1. The Balaban J connectivity index is 2.43. The first-order valence-electron chi connectivity index (χ1n) is 5.44. The molecule has 1 N–H and O–H groups in total. The van der Waals surface area contributed by atoms with E-state index in [-0.39, 0.29) is 17.5 Å². The number of thiophene rings is 1. The fourth-order valence-electron chi connectivity index (χ4n) is 1.50. The van der Waals surface area contributed by atoms with Gasteiger partial charge in [0.2, 0.25) is 0 Å². The smallest absolute Gasteiger partial charge is 0.151 e. The van der Waals surface area contributed by atoms with Crippen LogP contribution in [0.4, 0.5) is 0 Å². The SMILES string of the molecule is CCS(=O)(=O)CCNC(C)c1sccc1C. The average molecular weight is 261 g/mol. The van der Waals surface area contributed by atoms with Crippen molar-refractivity contribution in [1.82, 2.24) is 5.32 Å². The second kappa shape index (κ2) is 5.80.